The van der Waals surface area contributed by atoms with E-state index in [2.05, 4.69) is 12.1 Å². The van der Waals surface area contributed by atoms with Crippen molar-refractivity contribution in [2.45, 2.75) is 19.3 Å². The molecule has 80 valence electrons. The number of methoxy groups -OCH3 is 1. The molecule has 0 atom stereocenters. The van der Waals surface area contributed by atoms with Gasteiger partial charge in [0.1, 0.15) is 5.75 Å². The standard InChI is InChI=1S/C13H16O2/c1-15-13-7-3-5-11-10(8-9-14)4-2-6-12(11)13/h3-5,7,14H,2,6,8-9H2,1H3. The Bertz CT molecular complexity index is 380. The van der Waals surface area contributed by atoms with Gasteiger partial charge in [-0.2, -0.15) is 0 Å². The Labute approximate surface area is 90.2 Å². The highest BCUT2D eigenvalue weighted by Crippen LogP contribution is 2.34. The highest BCUT2D eigenvalue weighted by atomic mass is 16.5. The predicted molar refractivity (Wildman–Crippen MR) is 61.0 cm³/mol. The highest BCUT2D eigenvalue weighted by molar-refractivity contribution is 5.72. The van der Waals surface area contributed by atoms with E-state index in [9.17, 15) is 0 Å². The van der Waals surface area contributed by atoms with E-state index in [1.54, 1.807) is 7.11 Å². The van der Waals surface area contributed by atoms with Crippen LogP contribution in [0.2, 0.25) is 0 Å². The molecule has 0 saturated heterocycles. The van der Waals surface area contributed by atoms with Crippen LogP contribution >= 0.6 is 0 Å². The Hall–Kier alpha value is -1.28. The van der Waals surface area contributed by atoms with Gasteiger partial charge in [-0.05, 0) is 36.5 Å². The SMILES string of the molecule is COc1cccc2c1CCC=C2CCO. The second-order valence-electron chi connectivity index (χ2n) is 3.73. The van der Waals surface area contributed by atoms with Crippen molar-refractivity contribution in [1.29, 1.82) is 0 Å². The molecule has 0 aliphatic heterocycles. The van der Waals surface area contributed by atoms with Crippen molar-refractivity contribution >= 4 is 5.57 Å². The van der Waals surface area contributed by atoms with Crippen LogP contribution in [0.1, 0.15) is 24.0 Å². The zero-order chi connectivity index (χ0) is 10.7. The van der Waals surface area contributed by atoms with Crippen molar-refractivity contribution in [1.82, 2.24) is 0 Å². The molecule has 1 aromatic carbocycles. The minimum absolute atomic E-state index is 0.211. The Morgan fingerprint density at radius 3 is 3.00 bits per heavy atom. The number of benzene rings is 1. The third-order valence-electron chi connectivity index (χ3n) is 2.87. The Morgan fingerprint density at radius 1 is 1.40 bits per heavy atom. The smallest absolute Gasteiger partial charge is 0.122 e. The van der Waals surface area contributed by atoms with Crippen LogP contribution in [0.5, 0.6) is 5.75 Å². The molecular formula is C13H16O2. The fourth-order valence-corrected chi connectivity index (χ4v) is 2.17. The Balaban J connectivity index is 2.42. The lowest BCUT2D eigenvalue weighted by Gasteiger charge is -2.19. The van der Waals surface area contributed by atoms with Crippen LogP contribution in [0.25, 0.3) is 5.57 Å². The molecule has 15 heavy (non-hydrogen) atoms. The van der Waals surface area contributed by atoms with Crippen molar-refractivity contribution in [2.75, 3.05) is 13.7 Å². The number of aliphatic hydroxyl groups excluding tert-OH is 1. The predicted octanol–water partition coefficient (Wildman–Crippen LogP) is 2.41. The summed E-state index contributed by atoms with van der Waals surface area (Å²) in [6.45, 7) is 0.211. The lowest BCUT2D eigenvalue weighted by molar-refractivity contribution is 0.304. The summed E-state index contributed by atoms with van der Waals surface area (Å²) in [7, 11) is 1.71. The number of hydrogen-bond acceptors (Lipinski definition) is 2. The van der Waals surface area contributed by atoms with Crippen molar-refractivity contribution in [3.63, 3.8) is 0 Å². The summed E-state index contributed by atoms with van der Waals surface area (Å²) in [6.07, 6.45) is 5.04. The zero-order valence-electron chi connectivity index (χ0n) is 8.99. The fraction of sp³-hybridized carbons (Fsp3) is 0.385. The van der Waals surface area contributed by atoms with Gasteiger partial charge in [-0.25, -0.2) is 0 Å². The van der Waals surface area contributed by atoms with Gasteiger partial charge in [0.2, 0.25) is 0 Å². The third kappa shape index (κ3) is 1.90. The molecule has 0 fully saturated rings. The van der Waals surface area contributed by atoms with Gasteiger partial charge in [0.25, 0.3) is 0 Å². The largest absolute Gasteiger partial charge is 0.496 e. The number of ether oxygens (including phenoxy) is 1. The average molecular weight is 204 g/mol. The Morgan fingerprint density at radius 2 is 2.27 bits per heavy atom. The number of hydrogen-bond donors (Lipinski definition) is 1. The summed E-state index contributed by atoms with van der Waals surface area (Å²) in [5.41, 5.74) is 3.78. The average Bonchev–Trinajstić information content (AvgIpc) is 2.29. The van der Waals surface area contributed by atoms with Gasteiger partial charge >= 0.3 is 0 Å². The quantitative estimate of drug-likeness (QED) is 0.819. The van der Waals surface area contributed by atoms with E-state index in [0.29, 0.717) is 0 Å². The zero-order valence-corrected chi connectivity index (χ0v) is 8.99. The van der Waals surface area contributed by atoms with E-state index in [4.69, 9.17) is 9.84 Å². The maximum atomic E-state index is 9.00. The Kier molecular flexibility index (Phi) is 3.07. The van der Waals surface area contributed by atoms with E-state index in [1.165, 1.54) is 16.7 Å². The molecule has 2 nitrogen and oxygen atoms in total. The molecule has 0 unspecified atom stereocenters. The molecule has 0 bridgehead atoms. The molecule has 1 aliphatic rings. The molecule has 0 saturated carbocycles. The number of aliphatic hydroxyl groups is 1. The topological polar surface area (TPSA) is 29.5 Å². The molecule has 0 spiro atoms. The summed E-state index contributed by atoms with van der Waals surface area (Å²) in [5.74, 6) is 0.969. The summed E-state index contributed by atoms with van der Waals surface area (Å²) >= 11 is 0. The minimum Gasteiger partial charge on any atom is -0.496 e. The van der Waals surface area contributed by atoms with Crippen LogP contribution in [0, 0.1) is 0 Å². The third-order valence-corrected chi connectivity index (χ3v) is 2.87. The van der Waals surface area contributed by atoms with Crippen LogP contribution in [-0.4, -0.2) is 18.8 Å². The van der Waals surface area contributed by atoms with Crippen LogP contribution in [0.15, 0.2) is 24.3 Å². The van der Waals surface area contributed by atoms with Gasteiger partial charge in [0, 0.05) is 12.2 Å². The first-order valence-electron chi connectivity index (χ1n) is 5.33. The molecule has 1 aliphatic carbocycles. The molecule has 0 heterocycles. The van der Waals surface area contributed by atoms with Crippen molar-refractivity contribution < 1.29 is 9.84 Å². The summed E-state index contributed by atoms with van der Waals surface area (Å²) in [6, 6.07) is 6.12. The molecule has 2 heteroatoms. The molecule has 0 aromatic heterocycles. The molecule has 0 amide bonds. The monoisotopic (exact) mass is 204 g/mol. The van der Waals surface area contributed by atoms with E-state index < -0.39 is 0 Å². The fourth-order valence-electron chi connectivity index (χ4n) is 2.17. The summed E-state index contributed by atoms with van der Waals surface area (Å²) in [5, 5.41) is 9.00. The normalized spacial score (nSPS) is 14.4. The minimum atomic E-state index is 0.211. The van der Waals surface area contributed by atoms with Crippen LogP contribution in [-0.2, 0) is 6.42 Å². The van der Waals surface area contributed by atoms with E-state index in [0.717, 1.165) is 25.0 Å². The van der Waals surface area contributed by atoms with Gasteiger partial charge in [0.15, 0.2) is 0 Å². The lowest BCUT2D eigenvalue weighted by atomic mass is 9.89. The molecular weight excluding hydrogens is 188 g/mol. The summed E-state index contributed by atoms with van der Waals surface area (Å²) < 4.78 is 5.35. The lowest BCUT2D eigenvalue weighted by Crippen LogP contribution is -2.03. The number of rotatable bonds is 3. The van der Waals surface area contributed by atoms with Gasteiger partial charge in [-0.15, -0.1) is 0 Å². The summed E-state index contributed by atoms with van der Waals surface area (Å²) in [4.78, 5) is 0. The van der Waals surface area contributed by atoms with Crippen molar-refractivity contribution in [3.8, 4) is 5.75 Å². The van der Waals surface area contributed by atoms with Crippen molar-refractivity contribution in [2.24, 2.45) is 0 Å². The second-order valence-corrected chi connectivity index (χ2v) is 3.73. The highest BCUT2D eigenvalue weighted by Gasteiger charge is 2.15. The first-order chi connectivity index (χ1) is 7.36. The van der Waals surface area contributed by atoms with E-state index in [-0.39, 0.29) is 6.61 Å². The van der Waals surface area contributed by atoms with Crippen molar-refractivity contribution in [3.05, 3.63) is 35.4 Å². The van der Waals surface area contributed by atoms with Gasteiger partial charge in [-0.1, -0.05) is 18.2 Å². The molecule has 2 rings (SSSR count). The van der Waals surface area contributed by atoms with Gasteiger partial charge < -0.3 is 9.84 Å². The number of allylic oxidation sites excluding steroid dienone is 1. The number of fused-ring (bicyclic) bond motifs is 1. The van der Waals surface area contributed by atoms with Crippen LogP contribution in [0.3, 0.4) is 0 Å². The van der Waals surface area contributed by atoms with Crippen LogP contribution in [0.4, 0.5) is 0 Å². The van der Waals surface area contributed by atoms with E-state index in [1.807, 2.05) is 12.1 Å². The molecule has 1 aromatic rings. The van der Waals surface area contributed by atoms with Crippen LogP contribution < -0.4 is 4.74 Å². The first-order valence-corrected chi connectivity index (χ1v) is 5.33. The van der Waals surface area contributed by atoms with E-state index >= 15 is 0 Å². The molecule has 0 radical (unpaired) electrons. The second kappa shape index (κ2) is 4.49. The first kappa shape index (κ1) is 10.2. The maximum Gasteiger partial charge on any atom is 0.122 e. The van der Waals surface area contributed by atoms with Gasteiger partial charge in [-0.3, -0.25) is 0 Å². The molecule has 1 N–H and O–H groups in total. The van der Waals surface area contributed by atoms with Gasteiger partial charge in [0.05, 0.1) is 7.11 Å². The maximum absolute atomic E-state index is 9.00.